The monoisotopic (exact) mass is 311 g/mol. The predicted octanol–water partition coefficient (Wildman–Crippen LogP) is 3.18. The Kier molecular flexibility index (Phi) is 3.47. The first-order chi connectivity index (χ1) is 8.49. The first-order valence-corrected chi connectivity index (χ1v) is 6.06. The van der Waals surface area contributed by atoms with Gasteiger partial charge in [0.1, 0.15) is 5.82 Å². The van der Waals surface area contributed by atoms with E-state index in [1.165, 1.54) is 18.2 Å². The molecule has 0 spiro atoms. The predicted molar refractivity (Wildman–Crippen MR) is 70.1 cm³/mol. The Bertz CT molecular complexity index is 590. The van der Waals surface area contributed by atoms with Crippen LogP contribution in [0.4, 0.5) is 10.1 Å². The number of hydrogen-bond acceptors (Lipinski definition) is 2. The molecule has 0 saturated carbocycles. The summed E-state index contributed by atoms with van der Waals surface area (Å²) in [5.41, 5.74) is 2.52. The summed E-state index contributed by atoms with van der Waals surface area (Å²) in [4.78, 5) is 12.0. The molecule has 0 bridgehead atoms. The molecule has 0 aliphatic heterocycles. The van der Waals surface area contributed by atoms with Crippen molar-refractivity contribution in [1.82, 2.24) is 10.2 Å². The summed E-state index contributed by atoms with van der Waals surface area (Å²) in [6.07, 6.45) is 0. The van der Waals surface area contributed by atoms with Gasteiger partial charge in [-0.25, -0.2) is 4.39 Å². The molecule has 0 atom stereocenters. The SMILES string of the molecule is Cc1n[nH]c(C)c1NC(=O)c1ccc(F)c(Br)c1. The highest BCUT2D eigenvalue weighted by Crippen LogP contribution is 2.20. The fourth-order valence-corrected chi connectivity index (χ4v) is 1.94. The lowest BCUT2D eigenvalue weighted by atomic mass is 10.2. The Morgan fingerprint density at radius 3 is 2.72 bits per heavy atom. The molecule has 0 fully saturated rings. The fourth-order valence-electron chi connectivity index (χ4n) is 1.56. The van der Waals surface area contributed by atoms with E-state index in [0.29, 0.717) is 16.9 Å². The van der Waals surface area contributed by atoms with Gasteiger partial charge in [-0.3, -0.25) is 9.89 Å². The van der Waals surface area contributed by atoms with E-state index in [1.807, 2.05) is 6.92 Å². The van der Waals surface area contributed by atoms with Crippen LogP contribution in [0, 0.1) is 19.7 Å². The van der Waals surface area contributed by atoms with Crippen LogP contribution < -0.4 is 5.32 Å². The van der Waals surface area contributed by atoms with E-state index in [0.717, 1.165) is 5.69 Å². The molecule has 2 aromatic rings. The van der Waals surface area contributed by atoms with Crippen molar-refractivity contribution < 1.29 is 9.18 Å². The second-order valence-corrected chi connectivity index (χ2v) is 4.75. The maximum Gasteiger partial charge on any atom is 0.255 e. The van der Waals surface area contributed by atoms with E-state index in [2.05, 4.69) is 31.4 Å². The molecule has 4 nitrogen and oxygen atoms in total. The highest BCUT2D eigenvalue weighted by molar-refractivity contribution is 9.10. The molecule has 1 aromatic carbocycles. The Morgan fingerprint density at radius 1 is 1.44 bits per heavy atom. The van der Waals surface area contributed by atoms with Gasteiger partial charge >= 0.3 is 0 Å². The number of aromatic nitrogens is 2. The quantitative estimate of drug-likeness (QED) is 0.895. The van der Waals surface area contributed by atoms with Crippen molar-refractivity contribution in [3.63, 3.8) is 0 Å². The zero-order valence-corrected chi connectivity index (χ0v) is 11.4. The average molecular weight is 312 g/mol. The number of nitrogens with one attached hydrogen (secondary N) is 2. The number of hydrogen-bond donors (Lipinski definition) is 2. The average Bonchev–Trinajstić information content (AvgIpc) is 2.64. The highest BCUT2D eigenvalue weighted by Gasteiger charge is 2.13. The standard InChI is InChI=1S/C12H11BrFN3O/c1-6-11(7(2)17-16-6)15-12(18)8-3-4-10(14)9(13)5-8/h3-5H,1-2H3,(H,15,18)(H,16,17). The van der Waals surface area contributed by atoms with Crippen molar-refractivity contribution in [2.24, 2.45) is 0 Å². The molecule has 6 heteroatoms. The third-order valence-electron chi connectivity index (χ3n) is 2.55. The van der Waals surface area contributed by atoms with E-state index in [9.17, 15) is 9.18 Å². The van der Waals surface area contributed by atoms with Crippen LogP contribution in [0.3, 0.4) is 0 Å². The van der Waals surface area contributed by atoms with E-state index in [4.69, 9.17) is 0 Å². The minimum absolute atomic E-state index is 0.260. The number of rotatable bonds is 2. The maximum atomic E-state index is 13.1. The fraction of sp³-hybridized carbons (Fsp3) is 0.167. The largest absolute Gasteiger partial charge is 0.319 e. The number of aromatic amines is 1. The van der Waals surface area contributed by atoms with Crippen LogP contribution in [0.25, 0.3) is 0 Å². The number of carbonyl (C=O) groups excluding carboxylic acids is 1. The summed E-state index contributed by atoms with van der Waals surface area (Å²) < 4.78 is 13.3. The van der Waals surface area contributed by atoms with Crippen molar-refractivity contribution in [3.05, 3.63) is 45.4 Å². The van der Waals surface area contributed by atoms with Gasteiger partial charge in [-0.05, 0) is 48.0 Å². The van der Waals surface area contributed by atoms with E-state index < -0.39 is 5.82 Å². The van der Waals surface area contributed by atoms with Crippen molar-refractivity contribution >= 4 is 27.5 Å². The number of anilines is 1. The summed E-state index contributed by atoms with van der Waals surface area (Å²) in [6.45, 7) is 3.61. The van der Waals surface area contributed by atoms with Gasteiger partial charge in [-0.1, -0.05) is 0 Å². The summed E-state index contributed by atoms with van der Waals surface area (Å²) in [6, 6.07) is 4.11. The topological polar surface area (TPSA) is 57.8 Å². The molecular weight excluding hydrogens is 301 g/mol. The zero-order chi connectivity index (χ0) is 13.3. The second kappa shape index (κ2) is 4.89. The first kappa shape index (κ1) is 12.8. The lowest BCUT2D eigenvalue weighted by molar-refractivity contribution is 0.102. The van der Waals surface area contributed by atoms with E-state index >= 15 is 0 Å². The molecule has 0 aliphatic carbocycles. The van der Waals surface area contributed by atoms with Crippen LogP contribution in [-0.2, 0) is 0 Å². The van der Waals surface area contributed by atoms with Gasteiger partial charge in [0.05, 0.1) is 21.5 Å². The molecule has 0 aliphatic rings. The van der Waals surface area contributed by atoms with Crippen LogP contribution >= 0.6 is 15.9 Å². The molecule has 1 heterocycles. The van der Waals surface area contributed by atoms with Gasteiger partial charge in [0, 0.05) is 5.56 Å². The lowest BCUT2D eigenvalue weighted by Gasteiger charge is -2.06. The Labute approximate surface area is 112 Å². The normalized spacial score (nSPS) is 10.4. The van der Waals surface area contributed by atoms with Gasteiger partial charge in [0.15, 0.2) is 0 Å². The van der Waals surface area contributed by atoms with Gasteiger partial charge in [0.25, 0.3) is 5.91 Å². The molecule has 2 N–H and O–H groups in total. The maximum absolute atomic E-state index is 13.1. The number of carbonyl (C=O) groups is 1. The zero-order valence-electron chi connectivity index (χ0n) is 9.84. The summed E-state index contributed by atoms with van der Waals surface area (Å²) >= 11 is 3.05. The molecule has 0 radical (unpaired) electrons. The number of aryl methyl sites for hydroxylation is 2. The van der Waals surface area contributed by atoms with Crippen molar-refractivity contribution in [2.75, 3.05) is 5.32 Å². The number of nitrogens with zero attached hydrogens (tertiary/aromatic N) is 1. The van der Waals surface area contributed by atoms with Crippen molar-refractivity contribution in [3.8, 4) is 0 Å². The van der Waals surface area contributed by atoms with Gasteiger partial charge in [-0.2, -0.15) is 5.10 Å². The molecular formula is C12H11BrFN3O. The minimum atomic E-state index is -0.401. The van der Waals surface area contributed by atoms with E-state index in [1.54, 1.807) is 6.92 Å². The Balaban J connectivity index is 2.25. The third kappa shape index (κ3) is 2.43. The third-order valence-corrected chi connectivity index (χ3v) is 3.16. The summed E-state index contributed by atoms with van der Waals surface area (Å²) in [7, 11) is 0. The Morgan fingerprint density at radius 2 is 2.17 bits per heavy atom. The van der Waals surface area contributed by atoms with Gasteiger partial charge < -0.3 is 5.32 Å². The minimum Gasteiger partial charge on any atom is -0.319 e. The molecule has 0 unspecified atom stereocenters. The number of H-pyrrole nitrogens is 1. The summed E-state index contributed by atoms with van der Waals surface area (Å²) in [5.74, 6) is -0.703. The number of benzene rings is 1. The molecule has 18 heavy (non-hydrogen) atoms. The van der Waals surface area contributed by atoms with Crippen molar-refractivity contribution in [2.45, 2.75) is 13.8 Å². The lowest BCUT2D eigenvalue weighted by Crippen LogP contribution is -2.13. The van der Waals surface area contributed by atoms with Crippen molar-refractivity contribution in [1.29, 1.82) is 0 Å². The molecule has 94 valence electrons. The smallest absolute Gasteiger partial charge is 0.255 e. The van der Waals surface area contributed by atoms with Crippen LogP contribution in [0.15, 0.2) is 22.7 Å². The molecule has 1 amide bonds. The second-order valence-electron chi connectivity index (χ2n) is 3.89. The van der Waals surface area contributed by atoms with E-state index in [-0.39, 0.29) is 10.4 Å². The van der Waals surface area contributed by atoms with Crippen LogP contribution in [0.5, 0.6) is 0 Å². The van der Waals surface area contributed by atoms with Gasteiger partial charge in [0.2, 0.25) is 0 Å². The van der Waals surface area contributed by atoms with Gasteiger partial charge in [-0.15, -0.1) is 0 Å². The molecule has 0 saturated heterocycles. The van der Waals surface area contributed by atoms with Crippen LogP contribution in [0.1, 0.15) is 21.7 Å². The van der Waals surface area contributed by atoms with Crippen LogP contribution in [0.2, 0.25) is 0 Å². The summed E-state index contributed by atoms with van der Waals surface area (Å²) in [5, 5.41) is 9.51. The molecule has 2 rings (SSSR count). The Hall–Kier alpha value is -1.69. The van der Waals surface area contributed by atoms with Crippen LogP contribution in [-0.4, -0.2) is 16.1 Å². The number of amides is 1. The number of halogens is 2. The molecule has 1 aromatic heterocycles. The first-order valence-electron chi connectivity index (χ1n) is 5.27. The highest BCUT2D eigenvalue weighted by atomic mass is 79.9.